The molecule has 0 aromatic heterocycles. The van der Waals surface area contributed by atoms with E-state index in [1.165, 1.54) is 0 Å². The maximum Gasteiger partial charge on any atom is 0.325 e. The number of hydrogen-bond donors (Lipinski definition) is 3. The van der Waals surface area contributed by atoms with Gasteiger partial charge in [0.25, 0.3) is 5.91 Å². The van der Waals surface area contributed by atoms with Gasteiger partial charge in [-0.3, -0.25) is 14.5 Å². The molecule has 1 aromatic rings. The fraction of sp³-hybridized carbons (Fsp3) is 0.550. The second-order valence-corrected chi connectivity index (χ2v) is 8.88. The van der Waals surface area contributed by atoms with Crippen molar-refractivity contribution in [3.63, 3.8) is 0 Å². The number of urea groups is 1. The van der Waals surface area contributed by atoms with Gasteiger partial charge < -0.3 is 16.4 Å². The highest BCUT2D eigenvalue weighted by Gasteiger charge is 2.56. The van der Waals surface area contributed by atoms with Crippen LogP contribution in [-0.4, -0.2) is 34.8 Å². The molecule has 1 heterocycles. The van der Waals surface area contributed by atoms with Crippen LogP contribution >= 0.6 is 0 Å². The maximum absolute atomic E-state index is 13.1. The summed E-state index contributed by atoms with van der Waals surface area (Å²) in [5.41, 5.74) is 6.79. The maximum atomic E-state index is 13.1. The first-order valence-corrected chi connectivity index (χ1v) is 9.31. The first kappa shape index (κ1) is 19.2. The smallest absolute Gasteiger partial charge is 0.325 e. The largest absolute Gasteiger partial charge is 0.399 e. The average molecular weight is 372 g/mol. The van der Waals surface area contributed by atoms with Crippen LogP contribution in [0, 0.1) is 18.3 Å². The molecule has 2 fully saturated rings. The van der Waals surface area contributed by atoms with Crippen LogP contribution in [0.2, 0.25) is 0 Å². The van der Waals surface area contributed by atoms with Crippen molar-refractivity contribution in [3.8, 4) is 0 Å². The zero-order chi connectivity index (χ0) is 20.0. The molecule has 146 valence electrons. The van der Waals surface area contributed by atoms with Gasteiger partial charge in [0.05, 0.1) is 0 Å². The summed E-state index contributed by atoms with van der Waals surface area (Å²) in [6.45, 7) is 7.86. The first-order valence-electron chi connectivity index (χ1n) is 9.31. The van der Waals surface area contributed by atoms with Crippen molar-refractivity contribution in [1.29, 1.82) is 0 Å². The Labute approximate surface area is 159 Å². The number of aryl methyl sites for hydroxylation is 1. The van der Waals surface area contributed by atoms with E-state index in [1.54, 1.807) is 18.2 Å². The molecule has 27 heavy (non-hydrogen) atoms. The molecule has 0 radical (unpaired) electrons. The molecule has 2 aliphatic rings. The first-order chi connectivity index (χ1) is 12.5. The second kappa shape index (κ2) is 6.55. The van der Waals surface area contributed by atoms with Crippen molar-refractivity contribution in [2.45, 2.75) is 52.5 Å². The Morgan fingerprint density at radius 3 is 2.70 bits per heavy atom. The molecule has 1 aromatic carbocycles. The zero-order valence-corrected chi connectivity index (χ0v) is 16.4. The highest BCUT2D eigenvalue weighted by atomic mass is 16.2. The predicted molar refractivity (Wildman–Crippen MR) is 104 cm³/mol. The zero-order valence-electron chi connectivity index (χ0n) is 16.4. The molecule has 4 N–H and O–H groups in total. The van der Waals surface area contributed by atoms with E-state index in [2.05, 4.69) is 31.4 Å². The van der Waals surface area contributed by atoms with Crippen molar-refractivity contribution >= 4 is 29.2 Å². The lowest BCUT2D eigenvalue weighted by atomic mass is 9.64. The number of imide groups is 1. The van der Waals surface area contributed by atoms with E-state index in [1.807, 2.05) is 6.92 Å². The van der Waals surface area contributed by atoms with Crippen molar-refractivity contribution in [1.82, 2.24) is 10.2 Å². The second-order valence-electron chi connectivity index (χ2n) is 8.88. The fourth-order valence-electron chi connectivity index (χ4n) is 4.76. The molecule has 1 aliphatic carbocycles. The number of carbonyl (C=O) groups excluding carboxylic acids is 3. The molecule has 2 unspecified atom stereocenters. The summed E-state index contributed by atoms with van der Waals surface area (Å²) in [5.74, 6) is -0.402. The van der Waals surface area contributed by atoms with Crippen molar-refractivity contribution < 1.29 is 14.4 Å². The number of nitrogens with one attached hydrogen (secondary N) is 2. The monoisotopic (exact) mass is 372 g/mol. The van der Waals surface area contributed by atoms with E-state index in [0.29, 0.717) is 30.1 Å². The van der Waals surface area contributed by atoms with Gasteiger partial charge in [0, 0.05) is 11.4 Å². The van der Waals surface area contributed by atoms with Crippen LogP contribution in [0.4, 0.5) is 16.2 Å². The highest BCUT2D eigenvalue weighted by Crippen LogP contribution is 2.46. The van der Waals surface area contributed by atoms with Gasteiger partial charge in [0.1, 0.15) is 12.1 Å². The van der Waals surface area contributed by atoms with E-state index in [9.17, 15) is 14.4 Å². The third-order valence-electron chi connectivity index (χ3n) is 5.46. The minimum absolute atomic E-state index is 0.0441. The molecule has 3 rings (SSSR count). The van der Waals surface area contributed by atoms with Gasteiger partial charge in [-0.1, -0.05) is 26.8 Å². The molecule has 2 atom stereocenters. The van der Waals surface area contributed by atoms with E-state index >= 15 is 0 Å². The number of benzene rings is 1. The van der Waals surface area contributed by atoms with Gasteiger partial charge >= 0.3 is 6.03 Å². The van der Waals surface area contributed by atoms with Crippen LogP contribution in [0.5, 0.6) is 0 Å². The average Bonchev–Trinajstić information content (AvgIpc) is 2.72. The lowest BCUT2D eigenvalue weighted by Gasteiger charge is -2.43. The molecule has 1 saturated carbocycles. The van der Waals surface area contributed by atoms with Crippen molar-refractivity contribution in [3.05, 3.63) is 23.8 Å². The lowest BCUT2D eigenvalue weighted by molar-refractivity contribution is -0.136. The van der Waals surface area contributed by atoms with E-state index < -0.39 is 17.5 Å². The normalized spacial score (nSPS) is 27.0. The fourth-order valence-corrected chi connectivity index (χ4v) is 4.76. The minimum Gasteiger partial charge on any atom is -0.399 e. The van der Waals surface area contributed by atoms with Crippen molar-refractivity contribution in [2.24, 2.45) is 11.3 Å². The SMILES string of the molecule is Cc1ccc(N)cc1NC(=O)CN1C(=O)NC2(CC(C)CC(C)(C)C2)C1=O. The van der Waals surface area contributed by atoms with E-state index in [0.717, 1.165) is 16.9 Å². The number of carbonyl (C=O) groups is 3. The molecule has 1 saturated heterocycles. The Hall–Kier alpha value is -2.57. The third kappa shape index (κ3) is 3.77. The summed E-state index contributed by atoms with van der Waals surface area (Å²) in [7, 11) is 0. The standard InChI is InChI=1S/C20H28N4O3/c1-12-8-19(3,4)11-20(9-12)17(26)24(18(27)23-20)10-16(25)22-15-7-14(21)6-5-13(15)2/h5-7,12H,8-11,21H2,1-4H3,(H,22,25)(H,23,27). The predicted octanol–water partition coefficient (Wildman–Crippen LogP) is 2.65. The Balaban J connectivity index is 1.74. The topological polar surface area (TPSA) is 105 Å². The molecular formula is C20H28N4O3. The van der Waals surface area contributed by atoms with Gasteiger partial charge in [0.2, 0.25) is 5.91 Å². The summed E-state index contributed by atoms with van der Waals surface area (Å²) < 4.78 is 0. The highest BCUT2D eigenvalue weighted by molar-refractivity contribution is 6.10. The summed E-state index contributed by atoms with van der Waals surface area (Å²) in [6.07, 6.45) is 2.20. The van der Waals surface area contributed by atoms with Gasteiger partial charge in [-0.05, 0) is 55.2 Å². The number of nitrogens with zero attached hydrogens (tertiary/aromatic N) is 1. The molecular weight excluding hydrogens is 344 g/mol. The Kier molecular flexibility index (Phi) is 4.66. The molecule has 7 heteroatoms. The summed E-state index contributed by atoms with van der Waals surface area (Å²) in [4.78, 5) is 39.0. The number of nitrogens with two attached hydrogens (primary N) is 1. The van der Waals surface area contributed by atoms with Crippen LogP contribution in [0.1, 0.15) is 45.6 Å². The van der Waals surface area contributed by atoms with Crippen LogP contribution < -0.4 is 16.4 Å². The van der Waals surface area contributed by atoms with Gasteiger partial charge in [-0.2, -0.15) is 0 Å². The molecule has 0 bridgehead atoms. The summed E-state index contributed by atoms with van der Waals surface area (Å²) >= 11 is 0. The third-order valence-corrected chi connectivity index (χ3v) is 5.46. The van der Waals surface area contributed by atoms with Crippen LogP contribution in [0.3, 0.4) is 0 Å². The van der Waals surface area contributed by atoms with Gasteiger partial charge in [-0.15, -0.1) is 0 Å². The number of hydrogen-bond acceptors (Lipinski definition) is 4. The van der Waals surface area contributed by atoms with Crippen molar-refractivity contribution in [2.75, 3.05) is 17.6 Å². The van der Waals surface area contributed by atoms with Gasteiger partial charge in [-0.25, -0.2) is 4.79 Å². The lowest BCUT2D eigenvalue weighted by Crippen LogP contribution is -2.54. The number of amides is 4. The van der Waals surface area contributed by atoms with E-state index in [-0.39, 0.29) is 17.9 Å². The minimum atomic E-state index is -0.897. The summed E-state index contributed by atoms with van der Waals surface area (Å²) in [5, 5.41) is 5.62. The Bertz CT molecular complexity index is 804. The Morgan fingerprint density at radius 2 is 2.04 bits per heavy atom. The van der Waals surface area contributed by atoms with E-state index in [4.69, 9.17) is 5.73 Å². The van der Waals surface area contributed by atoms with Crippen LogP contribution in [0.25, 0.3) is 0 Å². The number of rotatable bonds is 3. The molecule has 7 nitrogen and oxygen atoms in total. The quantitative estimate of drug-likeness (QED) is 0.560. The van der Waals surface area contributed by atoms with Crippen LogP contribution in [0.15, 0.2) is 18.2 Å². The molecule has 1 spiro atoms. The molecule has 1 aliphatic heterocycles. The summed E-state index contributed by atoms with van der Waals surface area (Å²) in [6, 6.07) is 4.72. The number of anilines is 2. The van der Waals surface area contributed by atoms with Gasteiger partial charge in [0.15, 0.2) is 0 Å². The van der Waals surface area contributed by atoms with Crippen LogP contribution in [-0.2, 0) is 9.59 Å². The number of nitrogen functional groups attached to an aromatic ring is 1. The molecule has 4 amide bonds. The Morgan fingerprint density at radius 1 is 1.33 bits per heavy atom.